The van der Waals surface area contributed by atoms with E-state index in [1.807, 2.05) is 38.1 Å². The van der Waals surface area contributed by atoms with Crippen LogP contribution in [0.25, 0.3) is 6.08 Å². The van der Waals surface area contributed by atoms with E-state index in [1.165, 1.54) is 6.08 Å². The smallest absolute Gasteiger partial charge is 0.232 e. The average Bonchev–Trinajstić information content (AvgIpc) is 2.60. The molecular weight excluding hydrogens is 350 g/mol. The van der Waals surface area contributed by atoms with Gasteiger partial charge in [-0.2, -0.15) is 0 Å². The van der Waals surface area contributed by atoms with Crippen LogP contribution in [0.2, 0.25) is 0 Å². The number of sulfonamides is 1. The monoisotopic (exact) mass is 373 g/mol. The SMILES string of the molecule is CCS(=O)(=O)Nc1ccc(C(=O)/C=C/c2ccccc2OC(C)C)cc1. The van der Waals surface area contributed by atoms with Gasteiger partial charge in [-0.05, 0) is 63.3 Å². The van der Waals surface area contributed by atoms with Crippen LogP contribution in [-0.2, 0) is 10.0 Å². The van der Waals surface area contributed by atoms with Crippen LogP contribution in [0.5, 0.6) is 5.75 Å². The van der Waals surface area contributed by atoms with E-state index in [9.17, 15) is 13.2 Å². The summed E-state index contributed by atoms with van der Waals surface area (Å²) in [6.45, 7) is 5.45. The van der Waals surface area contributed by atoms with Gasteiger partial charge in [0.15, 0.2) is 5.78 Å². The van der Waals surface area contributed by atoms with Gasteiger partial charge in [-0.25, -0.2) is 8.42 Å². The molecule has 0 aliphatic rings. The van der Waals surface area contributed by atoms with Crippen molar-refractivity contribution in [2.75, 3.05) is 10.5 Å². The maximum absolute atomic E-state index is 12.3. The number of allylic oxidation sites excluding steroid dienone is 1. The van der Waals surface area contributed by atoms with Crippen LogP contribution in [0.1, 0.15) is 36.7 Å². The number of ether oxygens (including phenoxy) is 1. The maximum atomic E-state index is 12.3. The molecule has 0 radical (unpaired) electrons. The molecule has 0 heterocycles. The quantitative estimate of drug-likeness (QED) is 0.558. The second-order valence-electron chi connectivity index (χ2n) is 5.98. The zero-order valence-electron chi connectivity index (χ0n) is 15.1. The highest BCUT2D eigenvalue weighted by Gasteiger charge is 2.08. The van der Waals surface area contributed by atoms with Gasteiger partial charge in [0, 0.05) is 16.8 Å². The minimum atomic E-state index is -3.33. The summed E-state index contributed by atoms with van der Waals surface area (Å²) in [7, 11) is -3.33. The summed E-state index contributed by atoms with van der Waals surface area (Å²) in [6, 6.07) is 13.8. The summed E-state index contributed by atoms with van der Waals surface area (Å²) in [6.07, 6.45) is 3.24. The number of anilines is 1. The van der Waals surface area contributed by atoms with Crippen molar-refractivity contribution in [2.24, 2.45) is 0 Å². The number of hydrogen-bond donors (Lipinski definition) is 1. The number of para-hydroxylation sites is 1. The average molecular weight is 373 g/mol. The molecule has 0 spiro atoms. The Bertz CT molecular complexity index is 884. The summed E-state index contributed by atoms with van der Waals surface area (Å²) >= 11 is 0. The zero-order chi connectivity index (χ0) is 19.2. The zero-order valence-corrected chi connectivity index (χ0v) is 15.9. The number of hydrogen-bond acceptors (Lipinski definition) is 4. The molecule has 2 aromatic carbocycles. The second-order valence-corrected chi connectivity index (χ2v) is 8.00. The number of carbonyl (C=O) groups excluding carboxylic acids is 1. The Morgan fingerprint density at radius 2 is 1.77 bits per heavy atom. The molecule has 0 aliphatic carbocycles. The molecule has 5 nitrogen and oxygen atoms in total. The van der Waals surface area contributed by atoms with Gasteiger partial charge in [0.25, 0.3) is 0 Å². The van der Waals surface area contributed by atoms with Crippen LogP contribution >= 0.6 is 0 Å². The van der Waals surface area contributed by atoms with Crippen LogP contribution < -0.4 is 9.46 Å². The molecule has 2 rings (SSSR count). The largest absolute Gasteiger partial charge is 0.490 e. The van der Waals surface area contributed by atoms with Crippen LogP contribution in [-0.4, -0.2) is 26.1 Å². The van der Waals surface area contributed by atoms with Crippen molar-refractivity contribution in [2.45, 2.75) is 26.9 Å². The van der Waals surface area contributed by atoms with Gasteiger partial charge in [-0.15, -0.1) is 0 Å². The third kappa shape index (κ3) is 5.74. The molecule has 2 aromatic rings. The van der Waals surface area contributed by atoms with Gasteiger partial charge >= 0.3 is 0 Å². The van der Waals surface area contributed by atoms with Crippen LogP contribution in [0.4, 0.5) is 5.69 Å². The fraction of sp³-hybridized carbons (Fsp3) is 0.250. The van der Waals surface area contributed by atoms with Crippen LogP contribution in [0.15, 0.2) is 54.6 Å². The number of carbonyl (C=O) groups is 1. The summed E-state index contributed by atoms with van der Waals surface area (Å²) in [5.74, 6) is 0.541. The van der Waals surface area contributed by atoms with Gasteiger partial charge in [0.05, 0.1) is 11.9 Å². The van der Waals surface area contributed by atoms with Gasteiger partial charge < -0.3 is 4.74 Å². The van der Waals surface area contributed by atoms with E-state index in [-0.39, 0.29) is 17.6 Å². The first-order valence-electron chi connectivity index (χ1n) is 8.39. The molecule has 0 aliphatic heterocycles. The Hall–Kier alpha value is -2.60. The predicted molar refractivity (Wildman–Crippen MR) is 105 cm³/mol. The van der Waals surface area contributed by atoms with E-state index in [1.54, 1.807) is 37.3 Å². The number of benzene rings is 2. The molecule has 0 aromatic heterocycles. The van der Waals surface area contributed by atoms with Crippen molar-refractivity contribution in [1.82, 2.24) is 0 Å². The van der Waals surface area contributed by atoms with Crippen LogP contribution in [0.3, 0.4) is 0 Å². The van der Waals surface area contributed by atoms with Crippen molar-refractivity contribution >= 4 is 27.6 Å². The van der Waals surface area contributed by atoms with Crippen molar-refractivity contribution in [1.29, 1.82) is 0 Å². The van der Waals surface area contributed by atoms with E-state index >= 15 is 0 Å². The lowest BCUT2D eigenvalue weighted by atomic mass is 10.1. The molecule has 0 amide bonds. The van der Waals surface area contributed by atoms with Gasteiger partial charge in [-0.3, -0.25) is 9.52 Å². The molecule has 0 atom stereocenters. The summed E-state index contributed by atoms with van der Waals surface area (Å²) in [5.41, 5.74) is 1.73. The standard InChI is InChI=1S/C20H23NO4S/c1-4-26(23,24)21-18-12-9-16(10-13-18)19(22)14-11-17-7-5-6-8-20(17)25-15(2)3/h5-15,21H,4H2,1-3H3/b14-11+. The van der Waals surface area contributed by atoms with Crippen LogP contribution in [0, 0.1) is 0 Å². The Balaban J connectivity index is 2.12. The van der Waals surface area contributed by atoms with Crippen molar-refractivity contribution in [3.05, 3.63) is 65.7 Å². The molecule has 1 N–H and O–H groups in total. The molecule has 6 heteroatoms. The molecule has 0 saturated carbocycles. The van der Waals surface area contributed by atoms with E-state index in [4.69, 9.17) is 4.74 Å². The lowest BCUT2D eigenvalue weighted by Gasteiger charge is -2.11. The molecular formula is C20H23NO4S. The summed E-state index contributed by atoms with van der Waals surface area (Å²) in [5, 5.41) is 0. The third-order valence-corrected chi connectivity index (χ3v) is 4.83. The van der Waals surface area contributed by atoms with Gasteiger partial charge in [0.1, 0.15) is 5.75 Å². The molecule has 0 unspecified atom stereocenters. The fourth-order valence-electron chi connectivity index (χ4n) is 2.20. The molecule has 0 saturated heterocycles. The highest BCUT2D eigenvalue weighted by Crippen LogP contribution is 2.21. The fourth-order valence-corrected chi connectivity index (χ4v) is 2.83. The van der Waals surface area contributed by atoms with E-state index in [0.717, 1.165) is 11.3 Å². The van der Waals surface area contributed by atoms with Crippen molar-refractivity contribution in [3.8, 4) is 5.75 Å². The lowest BCUT2D eigenvalue weighted by Crippen LogP contribution is -2.14. The van der Waals surface area contributed by atoms with Crippen molar-refractivity contribution in [3.63, 3.8) is 0 Å². The Morgan fingerprint density at radius 1 is 1.12 bits per heavy atom. The number of nitrogens with one attached hydrogen (secondary N) is 1. The molecule has 0 fully saturated rings. The first kappa shape index (κ1) is 19.7. The van der Waals surface area contributed by atoms with Gasteiger partial charge in [-0.1, -0.05) is 18.2 Å². The highest BCUT2D eigenvalue weighted by atomic mass is 32.2. The number of rotatable bonds is 8. The van der Waals surface area contributed by atoms with Gasteiger partial charge in [0.2, 0.25) is 10.0 Å². The Labute approximate surface area is 154 Å². The van der Waals surface area contributed by atoms with E-state index in [2.05, 4.69) is 4.72 Å². The first-order chi connectivity index (χ1) is 12.3. The minimum absolute atomic E-state index is 0.00568. The lowest BCUT2D eigenvalue weighted by molar-refractivity contribution is 0.104. The number of ketones is 1. The summed E-state index contributed by atoms with van der Waals surface area (Å²) < 4.78 is 31.3. The normalized spacial score (nSPS) is 11.7. The predicted octanol–water partition coefficient (Wildman–Crippen LogP) is 4.13. The Morgan fingerprint density at radius 3 is 2.38 bits per heavy atom. The van der Waals surface area contributed by atoms with Crippen molar-refractivity contribution < 1.29 is 17.9 Å². The molecule has 26 heavy (non-hydrogen) atoms. The third-order valence-electron chi connectivity index (χ3n) is 3.52. The highest BCUT2D eigenvalue weighted by molar-refractivity contribution is 7.92. The van der Waals surface area contributed by atoms with E-state index < -0.39 is 10.0 Å². The molecule has 138 valence electrons. The summed E-state index contributed by atoms with van der Waals surface area (Å²) in [4.78, 5) is 12.3. The maximum Gasteiger partial charge on any atom is 0.232 e. The topological polar surface area (TPSA) is 72.5 Å². The minimum Gasteiger partial charge on any atom is -0.490 e. The Kier molecular flexibility index (Phi) is 6.58. The first-order valence-corrected chi connectivity index (χ1v) is 10.0. The molecule has 0 bridgehead atoms. The second kappa shape index (κ2) is 8.67. The van der Waals surface area contributed by atoms with E-state index in [0.29, 0.717) is 11.3 Å².